The van der Waals surface area contributed by atoms with Gasteiger partial charge in [0.05, 0.1) is 16.5 Å². The molecule has 3 N–H and O–H groups in total. The number of nitrogens with two attached hydrogens (primary N) is 1. The summed E-state index contributed by atoms with van der Waals surface area (Å²) in [4.78, 5) is 11.2. The van der Waals surface area contributed by atoms with E-state index < -0.39 is 17.7 Å². The minimum atomic E-state index is -1.08. The van der Waals surface area contributed by atoms with Gasteiger partial charge in [-0.05, 0) is 47.3 Å². The van der Waals surface area contributed by atoms with Crippen LogP contribution in [0.5, 0.6) is 5.75 Å². The molecular formula is C13H15BrFNO3. The molecule has 1 aliphatic rings. The fraction of sp³-hybridized carbons (Fsp3) is 0.462. The zero-order valence-corrected chi connectivity index (χ0v) is 11.8. The van der Waals surface area contributed by atoms with Crippen molar-refractivity contribution in [2.24, 2.45) is 5.73 Å². The average Bonchev–Trinajstić information content (AvgIpc) is 2.25. The molecule has 1 unspecified atom stereocenters. The number of carboxylic acids is 1. The second-order valence-electron chi connectivity index (χ2n) is 4.60. The lowest BCUT2D eigenvalue weighted by molar-refractivity contribution is -0.138. The summed E-state index contributed by atoms with van der Waals surface area (Å²) in [6, 6.07) is 2.46. The smallest absolute Gasteiger partial charge is 0.312 e. The summed E-state index contributed by atoms with van der Waals surface area (Å²) in [6.45, 7) is -0.105. The van der Waals surface area contributed by atoms with Crippen LogP contribution in [0.2, 0.25) is 0 Å². The summed E-state index contributed by atoms with van der Waals surface area (Å²) < 4.78 is 19.7. The van der Waals surface area contributed by atoms with Gasteiger partial charge in [-0.25, -0.2) is 4.39 Å². The van der Waals surface area contributed by atoms with E-state index in [9.17, 15) is 9.18 Å². The highest BCUT2D eigenvalue weighted by molar-refractivity contribution is 9.10. The lowest BCUT2D eigenvalue weighted by atomic mass is 9.95. The molecule has 1 aromatic rings. The Morgan fingerprint density at radius 2 is 2.26 bits per heavy atom. The third kappa shape index (κ3) is 3.06. The van der Waals surface area contributed by atoms with Crippen LogP contribution in [-0.4, -0.2) is 23.7 Å². The van der Waals surface area contributed by atoms with E-state index in [0.29, 0.717) is 10.2 Å². The lowest BCUT2D eigenvalue weighted by Gasteiger charge is -2.29. The summed E-state index contributed by atoms with van der Waals surface area (Å²) in [5.74, 6) is -2.17. The van der Waals surface area contributed by atoms with Crippen LogP contribution in [0.1, 0.15) is 30.7 Å². The number of ether oxygens (including phenoxy) is 1. The number of carboxylic acid groups (broad SMARTS) is 1. The van der Waals surface area contributed by atoms with Gasteiger partial charge >= 0.3 is 5.97 Å². The molecule has 0 aromatic heterocycles. The Morgan fingerprint density at radius 3 is 2.74 bits per heavy atom. The van der Waals surface area contributed by atoms with Gasteiger partial charge in [-0.3, -0.25) is 4.79 Å². The van der Waals surface area contributed by atoms with Crippen molar-refractivity contribution in [3.8, 4) is 5.75 Å². The van der Waals surface area contributed by atoms with Gasteiger partial charge in [0.25, 0.3) is 0 Å². The highest BCUT2D eigenvalue weighted by Crippen LogP contribution is 2.38. The van der Waals surface area contributed by atoms with E-state index in [1.54, 1.807) is 0 Å². The molecule has 1 atom stereocenters. The van der Waals surface area contributed by atoms with Crippen LogP contribution in [0.15, 0.2) is 16.6 Å². The van der Waals surface area contributed by atoms with Crippen molar-refractivity contribution < 1.29 is 19.0 Å². The van der Waals surface area contributed by atoms with Crippen molar-refractivity contribution in [2.45, 2.75) is 31.3 Å². The van der Waals surface area contributed by atoms with Gasteiger partial charge in [0.1, 0.15) is 11.6 Å². The van der Waals surface area contributed by atoms with Crippen LogP contribution in [-0.2, 0) is 4.79 Å². The first kappa shape index (κ1) is 14.3. The van der Waals surface area contributed by atoms with E-state index in [4.69, 9.17) is 15.6 Å². The third-order valence-corrected chi connectivity index (χ3v) is 3.87. The molecule has 1 saturated carbocycles. The lowest BCUT2D eigenvalue weighted by Crippen LogP contribution is -2.27. The predicted molar refractivity (Wildman–Crippen MR) is 71.8 cm³/mol. The molecule has 4 nitrogen and oxygen atoms in total. The van der Waals surface area contributed by atoms with Gasteiger partial charge in [-0.2, -0.15) is 0 Å². The van der Waals surface area contributed by atoms with E-state index in [1.165, 1.54) is 12.1 Å². The first-order chi connectivity index (χ1) is 9.02. The van der Waals surface area contributed by atoms with E-state index in [2.05, 4.69) is 15.9 Å². The number of benzene rings is 1. The largest absolute Gasteiger partial charge is 0.489 e. The van der Waals surface area contributed by atoms with Crippen molar-refractivity contribution in [2.75, 3.05) is 6.54 Å². The Hall–Kier alpha value is -1.14. The number of carbonyl (C=O) groups is 1. The summed E-state index contributed by atoms with van der Waals surface area (Å²) in [5, 5.41) is 9.16. The number of hydrogen-bond donors (Lipinski definition) is 2. The van der Waals surface area contributed by atoms with Crippen LogP contribution in [0, 0.1) is 5.82 Å². The minimum Gasteiger partial charge on any atom is -0.489 e. The number of aliphatic carboxylic acids is 1. The van der Waals surface area contributed by atoms with Gasteiger partial charge < -0.3 is 15.6 Å². The Labute approximate surface area is 118 Å². The highest BCUT2D eigenvalue weighted by Gasteiger charge is 2.28. The SMILES string of the molecule is NCC(C(=O)O)c1cc(F)cc(Br)c1OC1CCC1. The van der Waals surface area contributed by atoms with Crippen molar-refractivity contribution >= 4 is 21.9 Å². The molecule has 0 amide bonds. The molecule has 19 heavy (non-hydrogen) atoms. The van der Waals surface area contributed by atoms with E-state index in [1.807, 2.05) is 0 Å². The van der Waals surface area contributed by atoms with Crippen LogP contribution < -0.4 is 10.5 Å². The Morgan fingerprint density at radius 1 is 1.58 bits per heavy atom. The molecule has 0 heterocycles. The van der Waals surface area contributed by atoms with Gasteiger partial charge in [-0.1, -0.05) is 0 Å². The van der Waals surface area contributed by atoms with Crippen molar-refractivity contribution in [3.05, 3.63) is 28.0 Å². The Bertz CT molecular complexity index is 491. The molecular weight excluding hydrogens is 317 g/mol. The van der Waals surface area contributed by atoms with E-state index in [0.717, 1.165) is 19.3 Å². The van der Waals surface area contributed by atoms with Crippen molar-refractivity contribution in [3.63, 3.8) is 0 Å². The molecule has 6 heteroatoms. The van der Waals surface area contributed by atoms with Gasteiger partial charge in [0, 0.05) is 12.1 Å². The summed E-state index contributed by atoms with van der Waals surface area (Å²) in [7, 11) is 0. The molecule has 0 spiro atoms. The van der Waals surface area contributed by atoms with Crippen LogP contribution in [0.3, 0.4) is 0 Å². The topological polar surface area (TPSA) is 72.6 Å². The second-order valence-corrected chi connectivity index (χ2v) is 5.46. The van der Waals surface area contributed by atoms with E-state index >= 15 is 0 Å². The first-order valence-electron chi connectivity index (χ1n) is 6.11. The molecule has 1 aromatic carbocycles. The van der Waals surface area contributed by atoms with Crippen LogP contribution >= 0.6 is 15.9 Å². The first-order valence-corrected chi connectivity index (χ1v) is 6.90. The number of rotatable bonds is 5. The molecule has 2 rings (SSSR count). The molecule has 1 fully saturated rings. The maximum atomic E-state index is 13.5. The number of hydrogen-bond acceptors (Lipinski definition) is 3. The standard InChI is InChI=1S/C13H15BrFNO3/c14-11-5-7(15)4-9(10(6-16)13(17)18)12(11)19-8-2-1-3-8/h4-5,8,10H,1-3,6,16H2,(H,17,18). The third-order valence-electron chi connectivity index (χ3n) is 3.28. The number of halogens is 2. The Balaban J connectivity index is 2.40. The minimum absolute atomic E-state index is 0.0766. The summed E-state index contributed by atoms with van der Waals surface area (Å²) >= 11 is 3.23. The van der Waals surface area contributed by atoms with Crippen molar-refractivity contribution in [1.29, 1.82) is 0 Å². The molecule has 0 saturated heterocycles. The van der Waals surface area contributed by atoms with Crippen LogP contribution in [0.25, 0.3) is 0 Å². The van der Waals surface area contributed by atoms with Crippen LogP contribution in [0.4, 0.5) is 4.39 Å². The molecule has 0 aliphatic heterocycles. The highest BCUT2D eigenvalue weighted by atomic mass is 79.9. The zero-order valence-electron chi connectivity index (χ0n) is 10.2. The fourth-order valence-electron chi connectivity index (χ4n) is 1.98. The molecule has 104 valence electrons. The maximum Gasteiger partial charge on any atom is 0.312 e. The molecule has 0 radical (unpaired) electrons. The monoisotopic (exact) mass is 331 g/mol. The average molecular weight is 332 g/mol. The van der Waals surface area contributed by atoms with E-state index in [-0.39, 0.29) is 18.2 Å². The normalized spacial score (nSPS) is 16.8. The van der Waals surface area contributed by atoms with Gasteiger partial charge in [0.15, 0.2) is 0 Å². The quantitative estimate of drug-likeness (QED) is 0.869. The maximum absolute atomic E-state index is 13.5. The molecule has 0 bridgehead atoms. The summed E-state index contributed by atoms with van der Waals surface area (Å²) in [6.07, 6.45) is 3.04. The molecule has 1 aliphatic carbocycles. The Kier molecular flexibility index (Phi) is 4.42. The van der Waals surface area contributed by atoms with Crippen molar-refractivity contribution in [1.82, 2.24) is 0 Å². The van der Waals surface area contributed by atoms with Gasteiger partial charge in [0.2, 0.25) is 0 Å². The predicted octanol–water partition coefficient (Wildman–Crippen LogP) is 2.65. The van der Waals surface area contributed by atoms with Gasteiger partial charge in [-0.15, -0.1) is 0 Å². The zero-order chi connectivity index (χ0) is 14.0. The second kappa shape index (κ2) is 5.88. The fourth-order valence-corrected chi connectivity index (χ4v) is 2.52. The summed E-state index contributed by atoms with van der Waals surface area (Å²) in [5.41, 5.74) is 5.76.